The maximum Gasteiger partial charge on any atom is 0.0124 e. The summed E-state index contributed by atoms with van der Waals surface area (Å²) >= 11 is 0. The quantitative estimate of drug-likeness (QED) is 0.602. The summed E-state index contributed by atoms with van der Waals surface area (Å²) in [5.74, 6) is 3.84. The number of fused-ring (bicyclic) bond motifs is 5. The summed E-state index contributed by atoms with van der Waals surface area (Å²) in [5, 5.41) is 3.93. The SMILES string of the molecule is CCCNC1CCC2C3CCC4C(C)(C)C=CCC4(C)C3CCC12C. The Labute approximate surface area is 156 Å². The van der Waals surface area contributed by atoms with Crippen LogP contribution >= 0.6 is 0 Å². The van der Waals surface area contributed by atoms with Crippen molar-refractivity contribution in [2.24, 2.45) is 39.9 Å². The normalized spacial score (nSPS) is 50.8. The maximum atomic E-state index is 3.93. The number of hydrogen-bond donors (Lipinski definition) is 1. The van der Waals surface area contributed by atoms with Crippen molar-refractivity contribution in [3.63, 3.8) is 0 Å². The van der Waals surface area contributed by atoms with Crippen LogP contribution in [0.2, 0.25) is 0 Å². The smallest absolute Gasteiger partial charge is 0.0124 e. The molecule has 3 saturated carbocycles. The first-order chi connectivity index (χ1) is 11.8. The summed E-state index contributed by atoms with van der Waals surface area (Å²) in [6.45, 7) is 13.8. The Morgan fingerprint density at radius 1 is 0.920 bits per heavy atom. The van der Waals surface area contributed by atoms with Crippen molar-refractivity contribution < 1.29 is 0 Å². The highest BCUT2D eigenvalue weighted by molar-refractivity contribution is 5.17. The molecule has 0 aliphatic heterocycles. The summed E-state index contributed by atoms with van der Waals surface area (Å²) in [7, 11) is 0. The van der Waals surface area contributed by atoms with Crippen LogP contribution in [-0.4, -0.2) is 12.6 Å². The lowest BCUT2D eigenvalue weighted by Gasteiger charge is -2.62. The first-order valence-electron chi connectivity index (χ1n) is 11.2. The van der Waals surface area contributed by atoms with Gasteiger partial charge in [0.1, 0.15) is 0 Å². The molecule has 0 heterocycles. The van der Waals surface area contributed by atoms with Crippen LogP contribution in [0.4, 0.5) is 0 Å². The van der Waals surface area contributed by atoms with Gasteiger partial charge in [-0.2, -0.15) is 0 Å². The van der Waals surface area contributed by atoms with Crippen molar-refractivity contribution in [1.82, 2.24) is 5.32 Å². The van der Waals surface area contributed by atoms with Crippen molar-refractivity contribution in [2.75, 3.05) is 6.54 Å². The van der Waals surface area contributed by atoms with Crippen LogP contribution in [0.15, 0.2) is 12.2 Å². The van der Waals surface area contributed by atoms with Crippen LogP contribution in [0.1, 0.15) is 86.0 Å². The van der Waals surface area contributed by atoms with Crippen molar-refractivity contribution in [3.05, 3.63) is 12.2 Å². The van der Waals surface area contributed by atoms with Gasteiger partial charge in [0.05, 0.1) is 0 Å². The minimum atomic E-state index is 0.402. The van der Waals surface area contributed by atoms with Crippen LogP contribution in [0.25, 0.3) is 0 Å². The molecule has 142 valence electrons. The molecule has 0 bridgehead atoms. The lowest BCUT2D eigenvalue weighted by Crippen LogP contribution is -2.56. The Morgan fingerprint density at radius 3 is 2.44 bits per heavy atom. The number of rotatable bonds is 3. The van der Waals surface area contributed by atoms with Gasteiger partial charge in [-0.05, 0) is 97.8 Å². The summed E-state index contributed by atoms with van der Waals surface area (Å²) < 4.78 is 0. The standard InChI is InChI=1S/C24H41N/c1-6-16-25-21-11-9-18-17-8-10-20-22(2,3)13-7-14-23(20,4)19(17)12-15-24(18,21)5/h7,13,17-21,25H,6,8-12,14-16H2,1-5H3. The molecule has 0 aromatic rings. The molecule has 25 heavy (non-hydrogen) atoms. The second-order valence-electron chi connectivity index (χ2n) is 11.1. The molecule has 1 N–H and O–H groups in total. The highest BCUT2D eigenvalue weighted by Gasteiger charge is 2.61. The van der Waals surface area contributed by atoms with E-state index in [1.54, 1.807) is 0 Å². The van der Waals surface area contributed by atoms with E-state index in [0.29, 0.717) is 16.2 Å². The van der Waals surface area contributed by atoms with E-state index in [2.05, 4.69) is 52.1 Å². The summed E-state index contributed by atoms with van der Waals surface area (Å²) in [6, 6.07) is 0.784. The Bertz CT molecular complexity index is 534. The molecule has 1 heteroatoms. The molecular weight excluding hydrogens is 302 g/mol. The minimum absolute atomic E-state index is 0.402. The fourth-order valence-corrected chi connectivity index (χ4v) is 8.36. The van der Waals surface area contributed by atoms with E-state index in [1.807, 2.05) is 0 Å². The Hall–Kier alpha value is -0.300. The van der Waals surface area contributed by atoms with Gasteiger partial charge in [0, 0.05) is 6.04 Å². The second-order valence-corrected chi connectivity index (χ2v) is 11.1. The van der Waals surface area contributed by atoms with Gasteiger partial charge in [-0.25, -0.2) is 0 Å². The summed E-state index contributed by atoms with van der Waals surface area (Å²) in [5.41, 5.74) is 1.52. The van der Waals surface area contributed by atoms with E-state index in [0.717, 1.165) is 29.7 Å². The Kier molecular flexibility index (Phi) is 4.42. The van der Waals surface area contributed by atoms with Crippen LogP contribution < -0.4 is 5.32 Å². The molecule has 7 atom stereocenters. The number of hydrogen-bond acceptors (Lipinski definition) is 1. The molecule has 3 fully saturated rings. The second kappa shape index (κ2) is 6.11. The van der Waals surface area contributed by atoms with Gasteiger partial charge < -0.3 is 5.32 Å². The molecule has 0 aromatic carbocycles. The molecule has 7 unspecified atom stereocenters. The third kappa shape index (κ3) is 2.59. The van der Waals surface area contributed by atoms with Gasteiger partial charge in [-0.1, -0.05) is 46.8 Å². The molecule has 0 radical (unpaired) electrons. The molecule has 4 aliphatic rings. The minimum Gasteiger partial charge on any atom is -0.313 e. The zero-order chi connectivity index (χ0) is 17.9. The van der Waals surface area contributed by atoms with E-state index in [-0.39, 0.29) is 0 Å². The molecular formula is C24H41N. The first kappa shape index (κ1) is 18.1. The fourth-order valence-electron chi connectivity index (χ4n) is 8.36. The van der Waals surface area contributed by atoms with Crippen molar-refractivity contribution in [2.45, 2.75) is 92.0 Å². The predicted octanol–water partition coefficient (Wildman–Crippen LogP) is 6.20. The molecule has 0 saturated heterocycles. The van der Waals surface area contributed by atoms with E-state index in [1.165, 1.54) is 57.9 Å². The maximum absolute atomic E-state index is 3.93. The van der Waals surface area contributed by atoms with E-state index in [9.17, 15) is 0 Å². The van der Waals surface area contributed by atoms with Crippen molar-refractivity contribution in [3.8, 4) is 0 Å². The van der Waals surface area contributed by atoms with Crippen LogP contribution in [0.3, 0.4) is 0 Å². The molecule has 0 amide bonds. The number of allylic oxidation sites excluding steroid dienone is 2. The fraction of sp³-hybridized carbons (Fsp3) is 0.917. The summed E-state index contributed by atoms with van der Waals surface area (Å²) in [6.07, 6.45) is 16.5. The van der Waals surface area contributed by atoms with Gasteiger partial charge in [0.25, 0.3) is 0 Å². The van der Waals surface area contributed by atoms with Gasteiger partial charge in [0.2, 0.25) is 0 Å². The Morgan fingerprint density at radius 2 is 1.68 bits per heavy atom. The predicted molar refractivity (Wildman–Crippen MR) is 107 cm³/mol. The summed E-state index contributed by atoms with van der Waals surface area (Å²) in [4.78, 5) is 0. The molecule has 0 spiro atoms. The largest absolute Gasteiger partial charge is 0.313 e. The van der Waals surface area contributed by atoms with Gasteiger partial charge >= 0.3 is 0 Å². The molecule has 4 aliphatic carbocycles. The average Bonchev–Trinajstić information content (AvgIpc) is 2.88. The zero-order valence-electron chi connectivity index (χ0n) is 17.4. The van der Waals surface area contributed by atoms with Gasteiger partial charge in [-0.3, -0.25) is 0 Å². The van der Waals surface area contributed by atoms with Gasteiger partial charge in [0.15, 0.2) is 0 Å². The monoisotopic (exact) mass is 343 g/mol. The molecule has 1 nitrogen and oxygen atoms in total. The highest BCUT2D eigenvalue weighted by atomic mass is 14.9. The van der Waals surface area contributed by atoms with Crippen molar-refractivity contribution >= 4 is 0 Å². The van der Waals surface area contributed by atoms with Crippen LogP contribution in [-0.2, 0) is 0 Å². The average molecular weight is 344 g/mol. The Balaban J connectivity index is 1.59. The highest BCUT2D eigenvalue weighted by Crippen LogP contribution is 2.67. The van der Waals surface area contributed by atoms with Crippen LogP contribution in [0.5, 0.6) is 0 Å². The number of nitrogens with one attached hydrogen (secondary N) is 1. The van der Waals surface area contributed by atoms with Gasteiger partial charge in [-0.15, -0.1) is 0 Å². The van der Waals surface area contributed by atoms with Crippen molar-refractivity contribution in [1.29, 1.82) is 0 Å². The lowest BCUT2D eigenvalue weighted by molar-refractivity contribution is -0.116. The molecule has 0 aromatic heterocycles. The topological polar surface area (TPSA) is 12.0 Å². The van der Waals surface area contributed by atoms with E-state index in [4.69, 9.17) is 0 Å². The zero-order valence-corrected chi connectivity index (χ0v) is 17.4. The first-order valence-corrected chi connectivity index (χ1v) is 11.2. The third-order valence-electron chi connectivity index (χ3n) is 9.51. The molecule has 4 rings (SSSR count). The third-order valence-corrected chi connectivity index (χ3v) is 9.51. The lowest BCUT2D eigenvalue weighted by atomic mass is 9.43. The van der Waals surface area contributed by atoms with Crippen LogP contribution in [0, 0.1) is 39.9 Å². The van der Waals surface area contributed by atoms with E-state index >= 15 is 0 Å². The van der Waals surface area contributed by atoms with E-state index < -0.39 is 0 Å².